The molecule has 4 aromatic rings. The van der Waals surface area contributed by atoms with Gasteiger partial charge in [-0.3, -0.25) is 4.79 Å². The summed E-state index contributed by atoms with van der Waals surface area (Å²) in [5.41, 5.74) is 2.65. The van der Waals surface area contributed by atoms with E-state index in [1.807, 2.05) is 80.7 Å². The Morgan fingerprint density at radius 3 is 2.45 bits per heavy atom. The summed E-state index contributed by atoms with van der Waals surface area (Å²) in [7, 11) is 0. The third-order valence-electron chi connectivity index (χ3n) is 4.40. The molecular weight excluding hydrogens is 392 g/mol. The van der Waals surface area contributed by atoms with Crippen molar-refractivity contribution < 1.29 is 9.53 Å². The van der Waals surface area contributed by atoms with Gasteiger partial charge in [-0.1, -0.05) is 17.7 Å². The topological polar surface area (TPSA) is 94.0 Å². The molecule has 31 heavy (non-hydrogen) atoms. The van der Waals surface area contributed by atoms with Crippen molar-refractivity contribution in [2.24, 2.45) is 0 Å². The van der Waals surface area contributed by atoms with E-state index < -0.39 is 0 Å². The summed E-state index contributed by atoms with van der Waals surface area (Å²) in [5.74, 6) is 2.40. The first-order valence-electron chi connectivity index (χ1n) is 9.77. The monoisotopic (exact) mass is 414 g/mol. The van der Waals surface area contributed by atoms with Gasteiger partial charge in [0.05, 0.1) is 0 Å². The van der Waals surface area contributed by atoms with Gasteiger partial charge in [-0.05, 0) is 56.3 Å². The van der Waals surface area contributed by atoms with Gasteiger partial charge in [0.1, 0.15) is 17.4 Å². The van der Waals surface area contributed by atoms with Crippen LogP contribution in [0.2, 0.25) is 0 Å². The summed E-state index contributed by atoms with van der Waals surface area (Å²) in [6.45, 7) is 3.77. The highest BCUT2D eigenvalue weighted by Crippen LogP contribution is 2.19. The zero-order valence-electron chi connectivity index (χ0n) is 17.2. The van der Waals surface area contributed by atoms with Crippen LogP contribution in [0.15, 0.2) is 73.1 Å². The molecule has 1 amide bonds. The second-order valence-electron chi connectivity index (χ2n) is 6.96. The Balaban J connectivity index is 1.35. The number of aromatic nitrogens is 4. The molecule has 0 aliphatic heterocycles. The van der Waals surface area contributed by atoms with Crippen LogP contribution in [0.5, 0.6) is 5.75 Å². The van der Waals surface area contributed by atoms with Crippen molar-refractivity contribution in [1.29, 1.82) is 0 Å². The number of nitrogens with zero attached hydrogens (tertiary/aromatic N) is 4. The molecule has 0 radical (unpaired) electrons. The number of aryl methyl sites for hydroxylation is 2. The maximum atomic E-state index is 12.1. The first-order chi connectivity index (χ1) is 15.0. The van der Waals surface area contributed by atoms with E-state index in [0.717, 1.165) is 11.3 Å². The van der Waals surface area contributed by atoms with Gasteiger partial charge in [-0.2, -0.15) is 5.10 Å². The van der Waals surface area contributed by atoms with E-state index in [0.29, 0.717) is 28.9 Å². The van der Waals surface area contributed by atoms with Crippen LogP contribution in [0, 0.1) is 13.8 Å². The predicted octanol–water partition coefficient (Wildman–Crippen LogP) is 4.04. The largest absolute Gasteiger partial charge is 0.484 e. The maximum absolute atomic E-state index is 12.1. The molecule has 2 N–H and O–H groups in total. The molecule has 0 aliphatic carbocycles. The Morgan fingerprint density at radius 1 is 1.00 bits per heavy atom. The van der Waals surface area contributed by atoms with Crippen molar-refractivity contribution in [3.8, 4) is 11.6 Å². The highest BCUT2D eigenvalue weighted by molar-refractivity contribution is 5.92. The summed E-state index contributed by atoms with van der Waals surface area (Å²) in [5, 5.41) is 10.3. The maximum Gasteiger partial charge on any atom is 0.262 e. The number of rotatable bonds is 7. The molecule has 8 nitrogen and oxygen atoms in total. The smallest absolute Gasteiger partial charge is 0.262 e. The van der Waals surface area contributed by atoms with Crippen LogP contribution in [0.4, 0.5) is 17.2 Å². The van der Waals surface area contributed by atoms with E-state index >= 15 is 0 Å². The molecule has 0 bridgehead atoms. The van der Waals surface area contributed by atoms with Crippen molar-refractivity contribution in [3.05, 3.63) is 84.4 Å². The highest BCUT2D eigenvalue weighted by Gasteiger charge is 2.07. The number of carbonyl (C=O) groups is 1. The fraction of sp³-hybridized carbons (Fsp3) is 0.130. The standard InChI is InChI=1S/C23H22N6O2/c1-16-4-10-20(11-5-16)31-15-23(30)28-19-8-6-18(7-9-19)27-21-14-22(26-17(2)25-21)29-13-3-12-24-29/h3-14H,15H2,1-2H3,(H,28,30)(H,25,26,27). The van der Waals surface area contributed by atoms with Crippen LogP contribution in [0.25, 0.3) is 5.82 Å². The Kier molecular flexibility index (Phi) is 5.89. The molecule has 0 unspecified atom stereocenters. The molecule has 8 heteroatoms. The van der Waals surface area contributed by atoms with Crippen molar-refractivity contribution in [1.82, 2.24) is 19.7 Å². The lowest BCUT2D eigenvalue weighted by atomic mass is 10.2. The lowest BCUT2D eigenvalue weighted by Crippen LogP contribution is -2.20. The van der Waals surface area contributed by atoms with Crippen LogP contribution in [0.1, 0.15) is 11.4 Å². The average Bonchev–Trinajstić information content (AvgIpc) is 3.29. The van der Waals surface area contributed by atoms with Gasteiger partial charge in [-0.25, -0.2) is 14.6 Å². The fourth-order valence-corrected chi connectivity index (χ4v) is 2.90. The molecule has 0 fully saturated rings. The van der Waals surface area contributed by atoms with Gasteiger partial charge in [0.2, 0.25) is 0 Å². The second-order valence-corrected chi connectivity index (χ2v) is 6.96. The Bertz CT molecular complexity index is 1160. The lowest BCUT2D eigenvalue weighted by Gasteiger charge is -2.10. The van der Waals surface area contributed by atoms with Gasteiger partial charge >= 0.3 is 0 Å². The number of benzene rings is 2. The van der Waals surface area contributed by atoms with Crippen molar-refractivity contribution in [2.75, 3.05) is 17.2 Å². The molecule has 0 spiro atoms. The highest BCUT2D eigenvalue weighted by atomic mass is 16.5. The first-order valence-corrected chi connectivity index (χ1v) is 9.77. The Morgan fingerprint density at radius 2 is 1.74 bits per heavy atom. The Hall–Kier alpha value is -4.20. The van der Waals surface area contributed by atoms with Gasteiger partial charge in [-0.15, -0.1) is 0 Å². The summed E-state index contributed by atoms with van der Waals surface area (Å²) >= 11 is 0. The van der Waals surface area contributed by atoms with Crippen molar-refractivity contribution >= 4 is 23.1 Å². The minimum absolute atomic E-state index is 0.0561. The quantitative estimate of drug-likeness (QED) is 0.474. The van der Waals surface area contributed by atoms with Gasteiger partial charge in [0.25, 0.3) is 5.91 Å². The van der Waals surface area contributed by atoms with Crippen molar-refractivity contribution in [2.45, 2.75) is 13.8 Å². The van der Waals surface area contributed by atoms with E-state index in [-0.39, 0.29) is 12.5 Å². The third-order valence-corrected chi connectivity index (χ3v) is 4.40. The predicted molar refractivity (Wildman–Crippen MR) is 119 cm³/mol. The summed E-state index contributed by atoms with van der Waals surface area (Å²) in [6.07, 6.45) is 3.52. The lowest BCUT2D eigenvalue weighted by molar-refractivity contribution is -0.118. The van der Waals surface area contributed by atoms with Gasteiger partial charge in [0.15, 0.2) is 12.4 Å². The zero-order chi connectivity index (χ0) is 21.6. The third kappa shape index (κ3) is 5.45. The van der Waals surface area contributed by atoms with Crippen LogP contribution in [0.3, 0.4) is 0 Å². The van der Waals surface area contributed by atoms with E-state index in [1.54, 1.807) is 10.9 Å². The number of anilines is 3. The molecule has 0 saturated carbocycles. The number of carbonyl (C=O) groups excluding carboxylic acids is 1. The van der Waals surface area contributed by atoms with E-state index in [9.17, 15) is 4.79 Å². The summed E-state index contributed by atoms with van der Waals surface area (Å²) in [6, 6.07) is 18.6. The number of hydrogen-bond donors (Lipinski definition) is 2. The number of hydrogen-bond acceptors (Lipinski definition) is 6. The van der Waals surface area contributed by atoms with Gasteiger partial charge < -0.3 is 15.4 Å². The molecule has 2 heterocycles. The van der Waals surface area contributed by atoms with Crippen LogP contribution in [-0.2, 0) is 4.79 Å². The SMILES string of the molecule is Cc1ccc(OCC(=O)Nc2ccc(Nc3cc(-n4cccn4)nc(C)n3)cc2)cc1. The molecule has 0 aliphatic rings. The molecular formula is C23H22N6O2. The average molecular weight is 414 g/mol. The fourth-order valence-electron chi connectivity index (χ4n) is 2.90. The number of ether oxygens (including phenoxy) is 1. The Labute approximate surface area is 179 Å². The van der Waals surface area contributed by atoms with Crippen LogP contribution in [-0.4, -0.2) is 32.3 Å². The summed E-state index contributed by atoms with van der Waals surface area (Å²) < 4.78 is 7.18. The van der Waals surface area contributed by atoms with Crippen LogP contribution >= 0.6 is 0 Å². The van der Waals surface area contributed by atoms with E-state index in [2.05, 4.69) is 25.7 Å². The van der Waals surface area contributed by atoms with E-state index in [4.69, 9.17) is 4.74 Å². The molecule has 0 saturated heterocycles. The summed E-state index contributed by atoms with van der Waals surface area (Å²) in [4.78, 5) is 21.0. The number of nitrogens with one attached hydrogen (secondary N) is 2. The van der Waals surface area contributed by atoms with Crippen LogP contribution < -0.4 is 15.4 Å². The van der Waals surface area contributed by atoms with Gasteiger partial charge in [0, 0.05) is 29.8 Å². The minimum atomic E-state index is -0.225. The second kappa shape index (κ2) is 9.08. The first kappa shape index (κ1) is 20.1. The minimum Gasteiger partial charge on any atom is -0.484 e. The molecule has 0 atom stereocenters. The van der Waals surface area contributed by atoms with E-state index in [1.165, 1.54) is 0 Å². The number of amides is 1. The zero-order valence-corrected chi connectivity index (χ0v) is 17.2. The molecule has 4 rings (SSSR count). The molecule has 2 aromatic heterocycles. The molecule has 2 aromatic carbocycles. The molecule has 156 valence electrons. The normalized spacial score (nSPS) is 10.5. The van der Waals surface area contributed by atoms with Crippen molar-refractivity contribution in [3.63, 3.8) is 0 Å².